The first-order valence-corrected chi connectivity index (χ1v) is 12.6. The highest BCUT2D eigenvalue weighted by Gasteiger charge is 2.15. The van der Waals surface area contributed by atoms with Crippen LogP contribution >= 0.6 is 15.9 Å². The largest absolute Gasteiger partial charge is 0.497 e. The quantitative estimate of drug-likeness (QED) is 0.262. The Morgan fingerprint density at radius 2 is 1.94 bits per heavy atom. The highest BCUT2D eigenvalue weighted by molar-refractivity contribution is 9.10. The third-order valence-corrected chi connectivity index (χ3v) is 6.57. The van der Waals surface area contributed by atoms with Crippen molar-refractivity contribution in [2.24, 2.45) is 0 Å². The minimum Gasteiger partial charge on any atom is -0.497 e. The molecule has 0 fully saturated rings. The van der Waals surface area contributed by atoms with Gasteiger partial charge in [0, 0.05) is 45.7 Å². The Kier molecular flexibility index (Phi) is 6.86. The van der Waals surface area contributed by atoms with Crippen molar-refractivity contribution < 1.29 is 9.53 Å². The first kappa shape index (κ1) is 23.8. The van der Waals surface area contributed by atoms with Crippen molar-refractivity contribution in [2.45, 2.75) is 19.8 Å². The number of amides is 1. The fourth-order valence-electron chi connectivity index (χ4n) is 4.16. The van der Waals surface area contributed by atoms with Crippen LogP contribution in [0.5, 0.6) is 5.75 Å². The van der Waals surface area contributed by atoms with E-state index >= 15 is 0 Å². The number of fused-ring (bicyclic) bond motifs is 1. The number of halogens is 1. The number of carbonyl (C=O) groups excluding carboxylic acids is 1. The molecule has 5 aromatic rings. The predicted octanol–water partition coefficient (Wildman–Crippen LogP) is 5.72. The second-order valence-electron chi connectivity index (χ2n) is 8.41. The summed E-state index contributed by atoms with van der Waals surface area (Å²) in [7, 11) is 1.64. The molecule has 0 saturated carbocycles. The number of ether oxygens (including phenoxy) is 1. The summed E-state index contributed by atoms with van der Waals surface area (Å²) in [5.41, 5.74) is 4.53. The van der Waals surface area contributed by atoms with Gasteiger partial charge in [-0.3, -0.25) is 4.79 Å². The number of aryl methyl sites for hydroxylation is 1. The Labute approximate surface area is 217 Å². The summed E-state index contributed by atoms with van der Waals surface area (Å²) in [5, 5.41) is 8.88. The fraction of sp³-hybridized carbons (Fsp3) is 0.179. The van der Waals surface area contributed by atoms with Gasteiger partial charge in [-0.25, -0.2) is 9.67 Å². The van der Waals surface area contributed by atoms with E-state index in [4.69, 9.17) is 9.72 Å². The van der Waals surface area contributed by atoms with Crippen LogP contribution in [0.25, 0.3) is 28.0 Å². The van der Waals surface area contributed by atoms with E-state index < -0.39 is 0 Å². The van der Waals surface area contributed by atoms with Crippen LogP contribution < -0.4 is 10.1 Å². The van der Waals surface area contributed by atoms with Gasteiger partial charge in [-0.1, -0.05) is 35.0 Å². The molecule has 1 amide bonds. The van der Waals surface area contributed by atoms with Crippen LogP contribution in [0.3, 0.4) is 0 Å². The van der Waals surface area contributed by atoms with E-state index in [1.807, 2.05) is 78.5 Å². The molecule has 36 heavy (non-hydrogen) atoms. The number of hydrogen-bond donors (Lipinski definition) is 2. The summed E-state index contributed by atoms with van der Waals surface area (Å²) < 4.78 is 8.12. The number of hydrogen-bond acceptors (Lipinski definition) is 4. The monoisotopic (exact) mass is 543 g/mol. The van der Waals surface area contributed by atoms with Gasteiger partial charge in [0.1, 0.15) is 5.75 Å². The predicted molar refractivity (Wildman–Crippen MR) is 145 cm³/mol. The van der Waals surface area contributed by atoms with Crippen LogP contribution in [0.4, 0.5) is 0 Å². The van der Waals surface area contributed by atoms with E-state index in [0.29, 0.717) is 24.4 Å². The Balaban J connectivity index is 1.34. The maximum absolute atomic E-state index is 13.0. The van der Waals surface area contributed by atoms with Crippen molar-refractivity contribution in [2.75, 3.05) is 13.7 Å². The molecule has 8 heteroatoms. The van der Waals surface area contributed by atoms with Gasteiger partial charge in [0.25, 0.3) is 5.91 Å². The number of rotatable bonds is 8. The van der Waals surface area contributed by atoms with E-state index in [1.54, 1.807) is 7.11 Å². The molecule has 0 unspecified atom stereocenters. The zero-order valence-corrected chi connectivity index (χ0v) is 21.7. The van der Waals surface area contributed by atoms with Crippen LogP contribution in [-0.2, 0) is 12.8 Å². The van der Waals surface area contributed by atoms with Crippen LogP contribution in [0, 0.1) is 0 Å². The molecule has 0 saturated heterocycles. The third kappa shape index (κ3) is 4.90. The molecule has 5 rings (SSSR count). The molecule has 0 atom stereocenters. The number of H-pyrrole nitrogens is 1. The Morgan fingerprint density at radius 3 is 2.72 bits per heavy atom. The first-order chi connectivity index (χ1) is 17.6. The van der Waals surface area contributed by atoms with Crippen molar-refractivity contribution >= 4 is 32.7 Å². The number of nitrogens with one attached hydrogen (secondary N) is 2. The fourth-order valence-corrected chi connectivity index (χ4v) is 4.53. The second-order valence-corrected chi connectivity index (χ2v) is 9.32. The average Bonchev–Trinajstić information content (AvgIpc) is 3.53. The normalized spacial score (nSPS) is 11.1. The lowest BCUT2D eigenvalue weighted by atomic mass is 10.1. The zero-order chi connectivity index (χ0) is 25.1. The van der Waals surface area contributed by atoms with Crippen LogP contribution in [-0.4, -0.2) is 39.3 Å². The molecule has 0 bridgehead atoms. The SMILES string of the molecule is CCc1nc(-c2cccc(C(=O)NCCc3c[nH]c4ccc(Br)cc34)c2)n(-c2ccc(OC)cc2)n1. The van der Waals surface area contributed by atoms with Crippen LogP contribution in [0.15, 0.2) is 77.4 Å². The molecule has 7 nitrogen and oxygen atoms in total. The molecule has 182 valence electrons. The van der Waals surface area contributed by atoms with Gasteiger partial charge in [0.2, 0.25) is 0 Å². The minimum atomic E-state index is -0.121. The summed E-state index contributed by atoms with van der Waals surface area (Å²) >= 11 is 3.53. The topological polar surface area (TPSA) is 84.8 Å². The Hall–Kier alpha value is -3.91. The summed E-state index contributed by atoms with van der Waals surface area (Å²) in [6.45, 7) is 2.55. The van der Waals surface area contributed by atoms with Crippen LogP contribution in [0.2, 0.25) is 0 Å². The number of aromatic amines is 1. The lowest BCUT2D eigenvalue weighted by Gasteiger charge is -2.09. The average molecular weight is 544 g/mol. The van der Waals surface area contributed by atoms with Crippen molar-refractivity contribution in [3.8, 4) is 22.8 Å². The molecular weight excluding hydrogens is 518 g/mol. The number of aromatic nitrogens is 4. The van der Waals surface area contributed by atoms with Crippen molar-refractivity contribution in [1.29, 1.82) is 0 Å². The highest BCUT2D eigenvalue weighted by atomic mass is 79.9. The molecule has 0 aliphatic rings. The Morgan fingerprint density at radius 1 is 1.11 bits per heavy atom. The first-order valence-electron chi connectivity index (χ1n) is 11.8. The number of carbonyl (C=O) groups is 1. The van der Waals surface area contributed by atoms with Gasteiger partial charge >= 0.3 is 0 Å². The maximum Gasteiger partial charge on any atom is 0.251 e. The van der Waals surface area contributed by atoms with E-state index in [-0.39, 0.29) is 5.91 Å². The van der Waals surface area contributed by atoms with E-state index in [0.717, 1.165) is 44.6 Å². The van der Waals surface area contributed by atoms with Gasteiger partial charge < -0.3 is 15.0 Å². The Bertz CT molecular complexity index is 1520. The van der Waals surface area contributed by atoms with Gasteiger partial charge in [0.15, 0.2) is 11.6 Å². The zero-order valence-electron chi connectivity index (χ0n) is 20.1. The van der Waals surface area contributed by atoms with Gasteiger partial charge in [-0.2, -0.15) is 5.10 Å². The highest BCUT2D eigenvalue weighted by Crippen LogP contribution is 2.25. The summed E-state index contributed by atoms with van der Waals surface area (Å²) in [5.74, 6) is 2.08. The second kappa shape index (κ2) is 10.4. The molecule has 2 heterocycles. The number of nitrogens with zero attached hydrogens (tertiary/aromatic N) is 3. The minimum absolute atomic E-state index is 0.121. The van der Waals surface area contributed by atoms with Gasteiger partial charge in [-0.05, 0) is 66.6 Å². The molecule has 3 aromatic carbocycles. The summed E-state index contributed by atoms with van der Waals surface area (Å²) in [6, 6.07) is 21.3. The van der Waals surface area contributed by atoms with E-state index in [2.05, 4.69) is 37.4 Å². The van der Waals surface area contributed by atoms with Crippen LogP contribution in [0.1, 0.15) is 28.7 Å². The molecule has 0 aliphatic heterocycles. The molecule has 0 radical (unpaired) electrons. The lowest BCUT2D eigenvalue weighted by molar-refractivity contribution is 0.0954. The molecule has 2 N–H and O–H groups in total. The van der Waals surface area contributed by atoms with Gasteiger partial charge in [0.05, 0.1) is 12.8 Å². The molecule has 0 spiro atoms. The molecule has 0 aliphatic carbocycles. The van der Waals surface area contributed by atoms with Crippen molar-refractivity contribution in [3.05, 3.63) is 94.4 Å². The molecule has 2 aromatic heterocycles. The smallest absolute Gasteiger partial charge is 0.251 e. The van der Waals surface area contributed by atoms with E-state index in [9.17, 15) is 4.79 Å². The maximum atomic E-state index is 13.0. The molecular formula is C28H26BrN5O2. The van der Waals surface area contributed by atoms with E-state index in [1.165, 1.54) is 5.56 Å². The van der Waals surface area contributed by atoms with Crippen molar-refractivity contribution in [1.82, 2.24) is 25.1 Å². The summed E-state index contributed by atoms with van der Waals surface area (Å²) in [4.78, 5) is 21.0. The number of methoxy groups -OCH3 is 1. The summed E-state index contributed by atoms with van der Waals surface area (Å²) in [6.07, 6.45) is 3.44. The lowest BCUT2D eigenvalue weighted by Crippen LogP contribution is -2.25. The van der Waals surface area contributed by atoms with Gasteiger partial charge in [-0.15, -0.1) is 0 Å². The number of benzene rings is 3. The third-order valence-electron chi connectivity index (χ3n) is 6.08. The standard InChI is InChI=1S/C28H26BrN5O2/c1-3-26-32-27(34(33-26)22-8-10-23(36-2)11-9-22)18-5-4-6-19(15-18)28(35)30-14-13-20-17-31-25-12-7-21(29)16-24(20)25/h4-12,15-17,31H,3,13-14H2,1-2H3,(H,30,35). The van der Waals surface area contributed by atoms with Crippen molar-refractivity contribution in [3.63, 3.8) is 0 Å².